The van der Waals surface area contributed by atoms with Crippen molar-refractivity contribution in [1.29, 1.82) is 0 Å². The zero-order valence-electron chi connectivity index (χ0n) is 18.1. The first-order chi connectivity index (χ1) is 16.3. The molecule has 1 atom stereocenters. The van der Waals surface area contributed by atoms with Crippen molar-refractivity contribution in [3.05, 3.63) is 94.0 Å². The smallest absolute Gasteiger partial charge is 0.335 e. The van der Waals surface area contributed by atoms with Gasteiger partial charge in [-0.2, -0.15) is 0 Å². The lowest BCUT2D eigenvalue weighted by Crippen LogP contribution is -2.24. The second-order valence-electron chi connectivity index (χ2n) is 7.18. The predicted molar refractivity (Wildman–Crippen MR) is 129 cm³/mol. The molecule has 0 saturated heterocycles. The third kappa shape index (κ3) is 6.42. The Hall–Kier alpha value is -4.18. The summed E-state index contributed by atoms with van der Waals surface area (Å²) in [6, 6.07) is 18.4. The van der Waals surface area contributed by atoms with E-state index in [2.05, 4.69) is 10.6 Å². The molecule has 3 aromatic carbocycles. The molecule has 0 fully saturated rings. The average molecular weight is 480 g/mol. The second-order valence-corrected chi connectivity index (χ2v) is 8.46. The van der Waals surface area contributed by atoms with Crippen molar-refractivity contribution in [1.82, 2.24) is 0 Å². The minimum Gasteiger partial charge on any atom is -0.478 e. The number of anilines is 2. The number of carboxylic acids is 1. The van der Waals surface area contributed by atoms with Crippen molar-refractivity contribution >= 4 is 46.6 Å². The zero-order valence-corrected chi connectivity index (χ0v) is 18.9. The van der Waals surface area contributed by atoms with Gasteiger partial charge in [0.2, 0.25) is 5.91 Å². The van der Waals surface area contributed by atoms with E-state index >= 15 is 0 Å². The van der Waals surface area contributed by atoms with Crippen LogP contribution in [0.4, 0.5) is 17.1 Å². The van der Waals surface area contributed by atoms with Gasteiger partial charge in [-0.1, -0.05) is 25.1 Å². The Morgan fingerprint density at radius 3 is 2.26 bits per heavy atom. The van der Waals surface area contributed by atoms with Crippen molar-refractivity contribution in [3.63, 3.8) is 0 Å². The number of carboxylic acid groups (broad SMARTS) is 1. The molecule has 1 unspecified atom stereocenters. The van der Waals surface area contributed by atoms with Gasteiger partial charge in [0.15, 0.2) is 0 Å². The van der Waals surface area contributed by atoms with Gasteiger partial charge in [-0.25, -0.2) is 4.79 Å². The topological polar surface area (TPSA) is 139 Å². The number of carbonyl (C=O) groups is 3. The van der Waals surface area contributed by atoms with Gasteiger partial charge >= 0.3 is 5.97 Å². The molecule has 0 saturated carbocycles. The fourth-order valence-electron chi connectivity index (χ4n) is 3.05. The fourth-order valence-corrected chi connectivity index (χ4v) is 4.06. The normalized spacial score (nSPS) is 11.3. The highest BCUT2D eigenvalue weighted by Crippen LogP contribution is 2.29. The van der Waals surface area contributed by atoms with Crippen LogP contribution in [0, 0.1) is 10.1 Å². The Labute approximate surface area is 199 Å². The summed E-state index contributed by atoms with van der Waals surface area (Å²) < 4.78 is 0. The van der Waals surface area contributed by atoms with Crippen molar-refractivity contribution in [2.75, 3.05) is 10.6 Å². The number of amides is 2. The summed E-state index contributed by atoms with van der Waals surface area (Å²) in [5.74, 6) is -1.85. The average Bonchev–Trinajstić information content (AvgIpc) is 2.82. The first kappa shape index (κ1) is 24.5. The predicted octanol–water partition coefficient (Wildman–Crippen LogP) is 5.05. The number of rotatable bonds is 9. The third-order valence-corrected chi connectivity index (χ3v) is 6.09. The number of hydrogen-bond donors (Lipinski definition) is 3. The monoisotopic (exact) mass is 479 g/mol. The van der Waals surface area contributed by atoms with Crippen molar-refractivity contribution in [3.8, 4) is 0 Å². The van der Waals surface area contributed by atoms with Gasteiger partial charge in [-0.05, 0) is 48.9 Å². The van der Waals surface area contributed by atoms with Crippen LogP contribution < -0.4 is 10.6 Å². The second kappa shape index (κ2) is 11.1. The number of aromatic carboxylic acids is 1. The summed E-state index contributed by atoms with van der Waals surface area (Å²) in [5, 5.41) is 25.0. The molecule has 0 aliphatic carbocycles. The summed E-state index contributed by atoms with van der Waals surface area (Å²) in [4.78, 5) is 47.5. The van der Waals surface area contributed by atoms with E-state index in [-0.39, 0.29) is 22.7 Å². The molecular weight excluding hydrogens is 458 g/mol. The van der Waals surface area contributed by atoms with Gasteiger partial charge in [-0.15, -0.1) is 11.8 Å². The van der Waals surface area contributed by atoms with E-state index in [9.17, 15) is 24.5 Å². The van der Waals surface area contributed by atoms with Gasteiger partial charge in [0, 0.05) is 34.0 Å². The third-order valence-electron chi connectivity index (χ3n) is 4.73. The Morgan fingerprint density at radius 1 is 0.941 bits per heavy atom. The molecule has 3 aromatic rings. The number of carbonyl (C=O) groups excluding carboxylic acids is 2. The fraction of sp³-hybridized carbons (Fsp3) is 0.125. The molecule has 0 radical (unpaired) electrons. The number of thioether (sulfide) groups is 1. The molecule has 9 nitrogen and oxygen atoms in total. The van der Waals surface area contributed by atoms with Crippen LogP contribution in [-0.2, 0) is 4.79 Å². The van der Waals surface area contributed by atoms with Crippen LogP contribution in [0.15, 0.2) is 77.7 Å². The van der Waals surface area contributed by atoms with Crippen LogP contribution >= 0.6 is 11.8 Å². The number of benzene rings is 3. The highest BCUT2D eigenvalue weighted by Gasteiger charge is 2.19. The molecule has 0 aliphatic rings. The Bertz CT molecular complexity index is 1250. The van der Waals surface area contributed by atoms with Crippen LogP contribution in [-0.4, -0.2) is 33.1 Å². The Balaban J connectivity index is 1.68. The first-order valence-electron chi connectivity index (χ1n) is 10.2. The number of hydrogen-bond acceptors (Lipinski definition) is 6. The van der Waals surface area contributed by atoms with E-state index in [4.69, 9.17) is 5.11 Å². The lowest BCUT2D eigenvalue weighted by molar-refractivity contribution is -0.384. The number of nitro benzene ring substituents is 1. The van der Waals surface area contributed by atoms with Crippen molar-refractivity contribution in [2.45, 2.75) is 23.5 Å². The van der Waals surface area contributed by atoms with Gasteiger partial charge in [0.05, 0.1) is 15.7 Å². The van der Waals surface area contributed by atoms with Crippen molar-refractivity contribution in [2.24, 2.45) is 0 Å². The van der Waals surface area contributed by atoms with Gasteiger partial charge in [0.1, 0.15) is 0 Å². The molecule has 0 heterocycles. The summed E-state index contributed by atoms with van der Waals surface area (Å²) in [6.07, 6.45) is 0.513. The first-order valence-corrected chi connectivity index (χ1v) is 11.1. The van der Waals surface area contributed by atoms with Gasteiger partial charge in [0.25, 0.3) is 11.6 Å². The van der Waals surface area contributed by atoms with E-state index in [1.54, 1.807) is 36.4 Å². The summed E-state index contributed by atoms with van der Waals surface area (Å²) in [7, 11) is 0. The quantitative estimate of drug-likeness (QED) is 0.222. The van der Waals surface area contributed by atoms with E-state index in [0.717, 1.165) is 4.90 Å². The number of nitro groups is 1. The molecular formula is C24H21N3O6S. The maximum atomic E-state index is 12.8. The summed E-state index contributed by atoms with van der Waals surface area (Å²) in [5.41, 5.74) is 0.919. The zero-order chi connectivity index (χ0) is 24.7. The summed E-state index contributed by atoms with van der Waals surface area (Å²) in [6.45, 7) is 1.86. The van der Waals surface area contributed by atoms with Gasteiger partial charge in [-0.3, -0.25) is 19.7 Å². The molecule has 10 heteroatoms. The molecule has 2 amide bonds. The molecule has 3 rings (SSSR count). The van der Waals surface area contributed by atoms with Crippen LogP contribution in [0.5, 0.6) is 0 Å². The lowest BCUT2D eigenvalue weighted by atomic mass is 10.2. The van der Waals surface area contributed by atoms with Crippen molar-refractivity contribution < 1.29 is 24.4 Å². The van der Waals surface area contributed by atoms with Crippen LogP contribution in [0.2, 0.25) is 0 Å². The number of nitrogens with zero attached hydrogens (tertiary/aromatic N) is 1. The SMILES string of the molecule is CCC(Sc1cccc(NC(=O)c2cccc([N+](=O)[O-])c2)c1)C(=O)Nc1cccc(C(=O)O)c1. The van der Waals surface area contributed by atoms with Crippen LogP contribution in [0.1, 0.15) is 34.1 Å². The maximum Gasteiger partial charge on any atom is 0.335 e. The van der Waals surface area contributed by atoms with Crippen LogP contribution in [0.25, 0.3) is 0 Å². The largest absolute Gasteiger partial charge is 0.478 e. The Kier molecular flexibility index (Phi) is 7.99. The van der Waals surface area contributed by atoms with E-state index < -0.39 is 22.0 Å². The molecule has 174 valence electrons. The standard InChI is InChI=1S/C24H21N3O6S/c1-2-21(23(29)26-17-8-3-7-16(12-17)24(30)31)34-20-11-5-9-18(14-20)25-22(28)15-6-4-10-19(13-15)27(32)33/h3-14,21H,2H2,1H3,(H,25,28)(H,26,29)(H,30,31). The van der Waals surface area contributed by atoms with E-state index in [1.807, 2.05) is 6.92 Å². The van der Waals surface area contributed by atoms with E-state index in [1.165, 1.54) is 48.2 Å². The van der Waals surface area contributed by atoms with Crippen LogP contribution in [0.3, 0.4) is 0 Å². The molecule has 0 aliphatic heterocycles. The minimum atomic E-state index is -1.08. The summed E-state index contributed by atoms with van der Waals surface area (Å²) >= 11 is 1.30. The molecule has 34 heavy (non-hydrogen) atoms. The van der Waals surface area contributed by atoms with E-state index in [0.29, 0.717) is 17.8 Å². The molecule has 3 N–H and O–H groups in total. The molecule has 0 spiro atoms. The molecule has 0 aromatic heterocycles. The highest BCUT2D eigenvalue weighted by atomic mass is 32.2. The maximum absolute atomic E-state index is 12.8. The Morgan fingerprint density at radius 2 is 1.59 bits per heavy atom. The minimum absolute atomic E-state index is 0.0747. The highest BCUT2D eigenvalue weighted by molar-refractivity contribution is 8.00. The molecule has 0 bridgehead atoms. The number of nitrogens with one attached hydrogen (secondary N) is 2. The lowest BCUT2D eigenvalue weighted by Gasteiger charge is -2.16. The number of non-ortho nitro benzene ring substituents is 1. The van der Waals surface area contributed by atoms with Gasteiger partial charge < -0.3 is 15.7 Å².